The average Bonchev–Trinajstić information content (AvgIpc) is 2.34. The van der Waals surface area contributed by atoms with Crippen molar-refractivity contribution in [1.29, 1.82) is 0 Å². The molecule has 0 saturated carbocycles. The number of aromatic nitrogens is 1. The van der Waals surface area contributed by atoms with E-state index >= 15 is 0 Å². The van der Waals surface area contributed by atoms with Gasteiger partial charge >= 0.3 is 6.18 Å². The van der Waals surface area contributed by atoms with Crippen molar-refractivity contribution in [3.8, 4) is 0 Å². The molecule has 0 saturated heterocycles. The Kier molecular flexibility index (Phi) is 4.52. The van der Waals surface area contributed by atoms with Crippen LogP contribution in [0.4, 0.5) is 18.9 Å². The molecule has 0 atom stereocenters. The number of pyridine rings is 1. The van der Waals surface area contributed by atoms with Gasteiger partial charge in [0, 0.05) is 19.8 Å². The summed E-state index contributed by atoms with van der Waals surface area (Å²) in [7, 11) is 1.58. The fourth-order valence-electron chi connectivity index (χ4n) is 1.49. The number of amides is 1. The lowest BCUT2D eigenvalue weighted by molar-refractivity contribution is -0.140. The molecule has 0 bridgehead atoms. The Bertz CT molecular complexity index is 420. The highest BCUT2D eigenvalue weighted by Gasteiger charge is 2.33. The van der Waals surface area contributed by atoms with E-state index in [2.05, 4.69) is 10.3 Å². The highest BCUT2D eigenvalue weighted by Crippen LogP contribution is 2.20. The maximum atomic E-state index is 12.3. The van der Waals surface area contributed by atoms with Gasteiger partial charge in [0.05, 0.1) is 17.4 Å². The number of hydrogen-bond donors (Lipinski definition) is 1. The molecule has 1 heterocycles. The van der Waals surface area contributed by atoms with E-state index in [1.165, 1.54) is 25.4 Å². The molecule has 0 unspecified atom stereocenters. The molecule has 100 valence electrons. The van der Waals surface area contributed by atoms with Crippen LogP contribution in [0.2, 0.25) is 0 Å². The minimum Gasteiger partial charge on any atom is -0.386 e. The Balaban J connectivity index is 2.97. The van der Waals surface area contributed by atoms with Crippen molar-refractivity contribution >= 4 is 11.6 Å². The van der Waals surface area contributed by atoms with Gasteiger partial charge < -0.3 is 10.2 Å². The SMILES string of the molecule is CCN(CC(F)(F)F)C(=O)c1ccncc1NC. The number of rotatable bonds is 4. The first kappa shape index (κ1) is 14.3. The average molecular weight is 261 g/mol. The van der Waals surface area contributed by atoms with Crippen LogP contribution < -0.4 is 5.32 Å². The van der Waals surface area contributed by atoms with Crippen LogP contribution >= 0.6 is 0 Å². The lowest BCUT2D eigenvalue weighted by atomic mass is 10.2. The third-order valence-corrected chi connectivity index (χ3v) is 2.36. The quantitative estimate of drug-likeness (QED) is 0.903. The van der Waals surface area contributed by atoms with Crippen molar-refractivity contribution in [1.82, 2.24) is 9.88 Å². The maximum absolute atomic E-state index is 12.3. The van der Waals surface area contributed by atoms with Gasteiger partial charge in [-0.15, -0.1) is 0 Å². The Morgan fingerprint density at radius 3 is 2.67 bits per heavy atom. The largest absolute Gasteiger partial charge is 0.406 e. The normalized spacial score (nSPS) is 11.2. The molecule has 4 nitrogen and oxygen atoms in total. The minimum absolute atomic E-state index is 0.0101. The summed E-state index contributed by atoms with van der Waals surface area (Å²) in [5.41, 5.74) is 0.585. The molecule has 18 heavy (non-hydrogen) atoms. The first-order chi connectivity index (χ1) is 8.39. The molecular weight excluding hydrogens is 247 g/mol. The first-order valence-corrected chi connectivity index (χ1v) is 5.36. The van der Waals surface area contributed by atoms with Gasteiger partial charge in [-0.2, -0.15) is 13.2 Å². The third kappa shape index (κ3) is 3.61. The smallest absolute Gasteiger partial charge is 0.386 e. The van der Waals surface area contributed by atoms with Crippen LogP contribution in [-0.4, -0.2) is 42.1 Å². The standard InChI is InChI=1S/C11H14F3N3O/c1-3-17(7-11(12,13)14)10(18)8-4-5-16-6-9(8)15-2/h4-6,15H,3,7H2,1-2H3. The molecule has 0 aliphatic heterocycles. The molecule has 7 heteroatoms. The lowest BCUT2D eigenvalue weighted by Gasteiger charge is -2.23. The van der Waals surface area contributed by atoms with Gasteiger partial charge in [0.15, 0.2) is 0 Å². The van der Waals surface area contributed by atoms with Crippen molar-refractivity contribution in [3.05, 3.63) is 24.0 Å². The van der Waals surface area contributed by atoms with Crippen LogP contribution in [0.15, 0.2) is 18.5 Å². The third-order valence-electron chi connectivity index (χ3n) is 2.36. The Morgan fingerprint density at radius 1 is 1.50 bits per heavy atom. The van der Waals surface area contributed by atoms with Gasteiger partial charge in [-0.3, -0.25) is 9.78 Å². The van der Waals surface area contributed by atoms with E-state index in [1.54, 1.807) is 7.05 Å². The Labute approximate surface area is 103 Å². The van der Waals surface area contributed by atoms with E-state index in [9.17, 15) is 18.0 Å². The summed E-state index contributed by atoms with van der Waals surface area (Å²) in [5, 5.41) is 2.73. The number of nitrogens with one attached hydrogen (secondary N) is 1. The Hall–Kier alpha value is -1.79. The summed E-state index contributed by atoms with van der Waals surface area (Å²) >= 11 is 0. The van der Waals surface area contributed by atoms with Crippen molar-refractivity contribution in [3.63, 3.8) is 0 Å². The van der Waals surface area contributed by atoms with Crippen LogP contribution in [0.25, 0.3) is 0 Å². The summed E-state index contributed by atoms with van der Waals surface area (Å²) in [6, 6.07) is 1.40. The number of alkyl halides is 3. The number of nitrogens with zero attached hydrogens (tertiary/aromatic N) is 2. The second kappa shape index (κ2) is 5.70. The molecule has 0 radical (unpaired) electrons. The zero-order valence-electron chi connectivity index (χ0n) is 10.1. The number of halogens is 3. The number of carbonyl (C=O) groups is 1. The molecule has 0 aromatic carbocycles. The van der Waals surface area contributed by atoms with Gasteiger partial charge in [-0.05, 0) is 13.0 Å². The first-order valence-electron chi connectivity index (χ1n) is 5.36. The number of hydrogen-bond acceptors (Lipinski definition) is 3. The Morgan fingerprint density at radius 2 is 2.17 bits per heavy atom. The number of anilines is 1. The second-order valence-electron chi connectivity index (χ2n) is 3.61. The summed E-state index contributed by atoms with van der Waals surface area (Å²) in [6.45, 7) is 0.238. The predicted octanol–water partition coefficient (Wildman–Crippen LogP) is 2.15. The van der Waals surface area contributed by atoms with Crippen LogP contribution in [0.1, 0.15) is 17.3 Å². The van der Waals surface area contributed by atoms with E-state index in [4.69, 9.17) is 0 Å². The van der Waals surface area contributed by atoms with E-state index in [1.807, 2.05) is 0 Å². The van der Waals surface area contributed by atoms with Gasteiger partial charge in [-0.25, -0.2) is 0 Å². The highest BCUT2D eigenvalue weighted by atomic mass is 19.4. The highest BCUT2D eigenvalue weighted by molar-refractivity contribution is 5.99. The summed E-state index contributed by atoms with van der Waals surface area (Å²) in [5.74, 6) is -0.665. The van der Waals surface area contributed by atoms with Gasteiger partial charge in [0.25, 0.3) is 5.91 Å². The molecule has 1 amide bonds. The van der Waals surface area contributed by atoms with Crippen molar-refractivity contribution < 1.29 is 18.0 Å². The summed E-state index contributed by atoms with van der Waals surface area (Å²) in [4.78, 5) is 16.5. The van der Waals surface area contributed by atoms with Crippen LogP contribution in [0.5, 0.6) is 0 Å². The molecule has 1 rings (SSSR count). The molecule has 0 fully saturated rings. The van der Waals surface area contributed by atoms with Gasteiger partial charge in [0.2, 0.25) is 0 Å². The van der Waals surface area contributed by atoms with Gasteiger partial charge in [-0.1, -0.05) is 0 Å². The van der Waals surface area contributed by atoms with Crippen LogP contribution in [-0.2, 0) is 0 Å². The van der Waals surface area contributed by atoms with Crippen LogP contribution in [0, 0.1) is 0 Å². The molecular formula is C11H14F3N3O. The van der Waals surface area contributed by atoms with Crippen LogP contribution in [0.3, 0.4) is 0 Å². The molecule has 1 N–H and O–H groups in total. The fraction of sp³-hybridized carbons (Fsp3) is 0.455. The van der Waals surface area contributed by atoms with E-state index in [-0.39, 0.29) is 12.1 Å². The molecule has 1 aromatic heterocycles. The van der Waals surface area contributed by atoms with Crippen molar-refractivity contribution in [2.45, 2.75) is 13.1 Å². The molecule has 0 aliphatic carbocycles. The van der Waals surface area contributed by atoms with E-state index in [0.717, 1.165) is 4.90 Å². The lowest BCUT2D eigenvalue weighted by Crippen LogP contribution is -2.39. The molecule has 0 spiro atoms. The monoisotopic (exact) mass is 261 g/mol. The van der Waals surface area contributed by atoms with E-state index in [0.29, 0.717) is 5.69 Å². The van der Waals surface area contributed by atoms with Crippen molar-refractivity contribution in [2.75, 3.05) is 25.5 Å². The van der Waals surface area contributed by atoms with Gasteiger partial charge in [0.1, 0.15) is 6.54 Å². The van der Waals surface area contributed by atoms with E-state index < -0.39 is 18.6 Å². The zero-order chi connectivity index (χ0) is 13.8. The zero-order valence-corrected chi connectivity index (χ0v) is 10.1. The second-order valence-corrected chi connectivity index (χ2v) is 3.61. The fourth-order valence-corrected chi connectivity index (χ4v) is 1.49. The molecule has 0 aliphatic rings. The maximum Gasteiger partial charge on any atom is 0.406 e. The topological polar surface area (TPSA) is 45.2 Å². The molecule has 1 aromatic rings. The minimum atomic E-state index is -4.40. The predicted molar refractivity (Wildman–Crippen MR) is 61.4 cm³/mol. The summed E-state index contributed by atoms with van der Waals surface area (Å²) < 4.78 is 37.0. The summed E-state index contributed by atoms with van der Waals surface area (Å²) in [6.07, 6.45) is -1.64. The van der Waals surface area contributed by atoms with Crippen molar-refractivity contribution in [2.24, 2.45) is 0 Å². The number of carbonyl (C=O) groups excluding carboxylic acids is 1.